The van der Waals surface area contributed by atoms with Crippen molar-refractivity contribution in [2.24, 2.45) is 16.7 Å². The fourth-order valence-electron chi connectivity index (χ4n) is 3.43. The number of hydrogen-bond donors (Lipinski definition) is 1. The molecular formula is C17H34O. The van der Waals surface area contributed by atoms with E-state index in [4.69, 9.17) is 5.11 Å². The highest BCUT2D eigenvalue weighted by atomic mass is 16.2. The van der Waals surface area contributed by atoms with E-state index in [0.29, 0.717) is 17.4 Å². The summed E-state index contributed by atoms with van der Waals surface area (Å²) < 4.78 is 0. The van der Waals surface area contributed by atoms with Gasteiger partial charge in [-0.1, -0.05) is 47.0 Å². The fourth-order valence-corrected chi connectivity index (χ4v) is 3.43. The van der Waals surface area contributed by atoms with Crippen LogP contribution in [0.4, 0.5) is 0 Å². The predicted molar refractivity (Wildman–Crippen MR) is 79.7 cm³/mol. The van der Waals surface area contributed by atoms with Crippen LogP contribution in [0.25, 0.3) is 0 Å². The minimum atomic E-state index is 0.343. The highest BCUT2D eigenvalue weighted by Gasteiger charge is 2.32. The molecule has 0 spiro atoms. The van der Waals surface area contributed by atoms with Gasteiger partial charge in [0.05, 0.1) is 0 Å². The zero-order valence-electron chi connectivity index (χ0n) is 13.1. The van der Waals surface area contributed by atoms with E-state index in [-0.39, 0.29) is 0 Å². The Hall–Kier alpha value is -0.0400. The molecule has 1 aliphatic rings. The van der Waals surface area contributed by atoms with Gasteiger partial charge in [0.25, 0.3) is 0 Å². The summed E-state index contributed by atoms with van der Waals surface area (Å²) in [6.07, 6.45) is 12.0. The minimum absolute atomic E-state index is 0.343. The molecule has 0 aromatic heterocycles. The maximum atomic E-state index is 8.96. The first-order valence-corrected chi connectivity index (χ1v) is 7.98. The van der Waals surface area contributed by atoms with E-state index in [1.54, 1.807) is 0 Å². The third-order valence-corrected chi connectivity index (χ3v) is 5.17. The number of rotatable bonds is 7. The van der Waals surface area contributed by atoms with E-state index in [1.165, 1.54) is 44.9 Å². The molecule has 0 aromatic rings. The van der Waals surface area contributed by atoms with Crippen molar-refractivity contribution in [2.45, 2.75) is 85.5 Å². The van der Waals surface area contributed by atoms with Crippen LogP contribution in [-0.4, -0.2) is 11.7 Å². The molecule has 0 radical (unpaired) electrons. The molecule has 1 heteroatoms. The standard InChI is InChI=1S/C17H34O/c1-16(2,11-8-14-18)12-13-17(3,4)15-9-6-5-7-10-15/h15,18H,5-14H2,1-4H3. The second-order valence-corrected chi connectivity index (χ2v) is 7.81. The Labute approximate surface area is 114 Å². The Morgan fingerprint density at radius 3 is 2.06 bits per heavy atom. The van der Waals surface area contributed by atoms with Crippen LogP contribution >= 0.6 is 0 Å². The molecule has 0 amide bonds. The highest BCUT2D eigenvalue weighted by Crippen LogP contribution is 2.43. The molecule has 0 bridgehead atoms. The van der Waals surface area contributed by atoms with Crippen molar-refractivity contribution in [3.05, 3.63) is 0 Å². The zero-order valence-corrected chi connectivity index (χ0v) is 13.1. The van der Waals surface area contributed by atoms with E-state index in [0.717, 1.165) is 18.8 Å². The Kier molecular flexibility index (Phi) is 6.17. The van der Waals surface area contributed by atoms with Crippen molar-refractivity contribution >= 4 is 0 Å². The molecule has 1 rings (SSSR count). The molecule has 1 N–H and O–H groups in total. The van der Waals surface area contributed by atoms with E-state index < -0.39 is 0 Å². The lowest BCUT2D eigenvalue weighted by atomic mass is 9.66. The van der Waals surface area contributed by atoms with Gasteiger partial charge in [-0.15, -0.1) is 0 Å². The minimum Gasteiger partial charge on any atom is -0.396 e. The summed E-state index contributed by atoms with van der Waals surface area (Å²) in [5.41, 5.74) is 0.908. The first kappa shape index (κ1) is 16.0. The normalized spacial score (nSPS) is 19.2. The van der Waals surface area contributed by atoms with E-state index in [2.05, 4.69) is 27.7 Å². The van der Waals surface area contributed by atoms with Crippen LogP contribution in [0.3, 0.4) is 0 Å². The zero-order chi connectivity index (χ0) is 13.6. The molecule has 1 nitrogen and oxygen atoms in total. The van der Waals surface area contributed by atoms with Crippen molar-refractivity contribution < 1.29 is 5.11 Å². The summed E-state index contributed by atoms with van der Waals surface area (Å²) in [7, 11) is 0. The number of aliphatic hydroxyl groups excluding tert-OH is 1. The molecule has 0 aliphatic heterocycles. The van der Waals surface area contributed by atoms with Crippen LogP contribution in [0.5, 0.6) is 0 Å². The Bertz CT molecular complexity index is 224. The first-order valence-electron chi connectivity index (χ1n) is 7.98. The molecule has 18 heavy (non-hydrogen) atoms. The fraction of sp³-hybridized carbons (Fsp3) is 1.00. The Morgan fingerprint density at radius 1 is 0.889 bits per heavy atom. The molecule has 108 valence electrons. The van der Waals surface area contributed by atoms with Gasteiger partial charge in [-0.3, -0.25) is 0 Å². The van der Waals surface area contributed by atoms with Crippen LogP contribution in [0, 0.1) is 16.7 Å². The summed E-state index contributed by atoms with van der Waals surface area (Å²) in [4.78, 5) is 0. The molecule has 1 fully saturated rings. The van der Waals surface area contributed by atoms with Gasteiger partial charge in [-0.05, 0) is 55.3 Å². The van der Waals surface area contributed by atoms with Gasteiger partial charge in [-0.2, -0.15) is 0 Å². The maximum Gasteiger partial charge on any atom is 0.0431 e. The third-order valence-electron chi connectivity index (χ3n) is 5.17. The largest absolute Gasteiger partial charge is 0.396 e. The average Bonchev–Trinajstić information content (AvgIpc) is 2.36. The van der Waals surface area contributed by atoms with Crippen molar-refractivity contribution in [2.75, 3.05) is 6.61 Å². The molecule has 0 saturated heterocycles. The van der Waals surface area contributed by atoms with Gasteiger partial charge in [0.2, 0.25) is 0 Å². The summed E-state index contributed by atoms with van der Waals surface area (Å²) in [6, 6.07) is 0. The van der Waals surface area contributed by atoms with Crippen molar-refractivity contribution in [1.82, 2.24) is 0 Å². The van der Waals surface area contributed by atoms with Gasteiger partial charge >= 0.3 is 0 Å². The van der Waals surface area contributed by atoms with Crippen LogP contribution in [0.15, 0.2) is 0 Å². The third kappa shape index (κ3) is 5.30. The van der Waals surface area contributed by atoms with E-state index in [1.807, 2.05) is 0 Å². The smallest absolute Gasteiger partial charge is 0.0431 e. The van der Waals surface area contributed by atoms with Gasteiger partial charge in [-0.25, -0.2) is 0 Å². The summed E-state index contributed by atoms with van der Waals surface area (Å²) in [5.74, 6) is 0.944. The molecule has 0 aromatic carbocycles. The number of hydrogen-bond acceptors (Lipinski definition) is 1. The monoisotopic (exact) mass is 254 g/mol. The molecule has 1 saturated carbocycles. The predicted octanol–water partition coefficient (Wildman–Crippen LogP) is 5.17. The lowest BCUT2D eigenvalue weighted by molar-refractivity contribution is 0.118. The van der Waals surface area contributed by atoms with Crippen molar-refractivity contribution in [3.8, 4) is 0 Å². The average molecular weight is 254 g/mol. The second kappa shape index (κ2) is 6.93. The van der Waals surface area contributed by atoms with Crippen LogP contribution in [0.2, 0.25) is 0 Å². The second-order valence-electron chi connectivity index (χ2n) is 7.81. The van der Waals surface area contributed by atoms with Crippen LogP contribution in [-0.2, 0) is 0 Å². The van der Waals surface area contributed by atoms with Gasteiger partial charge < -0.3 is 5.11 Å². The summed E-state index contributed by atoms with van der Waals surface area (Å²) >= 11 is 0. The molecule has 0 atom stereocenters. The molecule has 1 aliphatic carbocycles. The Balaban J connectivity index is 2.39. The lowest BCUT2D eigenvalue weighted by Crippen LogP contribution is -2.28. The molecular weight excluding hydrogens is 220 g/mol. The lowest BCUT2D eigenvalue weighted by Gasteiger charge is -2.39. The van der Waals surface area contributed by atoms with E-state index in [9.17, 15) is 0 Å². The van der Waals surface area contributed by atoms with Crippen LogP contribution < -0.4 is 0 Å². The molecule has 0 unspecified atom stereocenters. The van der Waals surface area contributed by atoms with Gasteiger partial charge in [0.1, 0.15) is 0 Å². The number of aliphatic hydroxyl groups is 1. The summed E-state index contributed by atoms with van der Waals surface area (Å²) in [5, 5.41) is 8.96. The van der Waals surface area contributed by atoms with Crippen molar-refractivity contribution in [1.29, 1.82) is 0 Å². The Morgan fingerprint density at radius 2 is 1.50 bits per heavy atom. The summed E-state index contributed by atoms with van der Waals surface area (Å²) in [6.45, 7) is 10.0. The van der Waals surface area contributed by atoms with E-state index >= 15 is 0 Å². The van der Waals surface area contributed by atoms with Gasteiger partial charge in [0, 0.05) is 6.61 Å². The first-order chi connectivity index (χ1) is 8.37. The topological polar surface area (TPSA) is 20.2 Å². The van der Waals surface area contributed by atoms with Crippen molar-refractivity contribution in [3.63, 3.8) is 0 Å². The maximum absolute atomic E-state index is 8.96. The molecule has 0 heterocycles. The van der Waals surface area contributed by atoms with Gasteiger partial charge in [0.15, 0.2) is 0 Å². The quantitative estimate of drug-likeness (QED) is 0.664. The SMILES string of the molecule is CC(C)(CCCO)CCC(C)(C)C1CCCCC1. The van der Waals surface area contributed by atoms with Crippen LogP contribution in [0.1, 0.15) is 85.5 Å². The highest BCUT2D eigenvalue weighted by molar-refractivity contribution is 4.83.